The summed E-state index contributed by atoms with van der Waals surface area (Å²) in [7, 11) is 1.95. The fraction of sp³-hybridized carbons (Fsp3) is 0.609. The number of carbonyl (C=O) groups is 2. The number of carbonyl (C=O) groups excluding carboxylic acids is 2. The smallest absolute Gasteiger partial charge is 0.224 e. The van der Waals surface area contributed by atoms with E-state index in [4.69, 9.17) is 0 Å². The van der Waals surface area contributed by atoms with Crippen LogP contribution in [-0.4, -0.2) is 39.4 Å². The van der Waals surface area contributed by atoms with E-state index >= 15 is 0 Å². The second-order valence-electron chi connectivity index (χ2n) is 8.84. The summed E-state index contributed by atoms with van der Waals surface area (Å²) in [6.45, 7) is 1.59. The second-order valence-corrected chi connectivity index (χ2v) is 8.84. The molecule has 1 aliphatic heterocycles. The van der Waals surface area contributed by atoms with E-state index in [9.17, 15) is 9.59 Å². The molecule has 1 N–H and O–H groups in total. The van der Waals surface area contributed by atoms with E-state index in [2.05, 4.69) is 10.3 Å². The Balaban J connectivity index is 1.22. The lowest BCUT2D eigenvalue weighted by molar-refractivity contribution is -0.133. The van der Waals surface area contributed by atoms with Gasteiger partial charge in [0.05, 0.1) is 17.4 Å². The topological polar surface area (TPSA) is 67.2 Å². The van der Waals surface area contributed by atoms with Crippen LogP contribution in [-0.2, 0) is 16.6 Å². The minimum atomic E-state index is 0.0542. The number of aryl methyl sites for hydroxylation is 1. The van der Waals surface area contributed by atoms with Crippen molar-refractivity contribution in [2.75, 3.05) is 18.4 Å². The Morgan fingerprint density at radius 2 is 1.76 bits per heavy atom. The molecule has 2 amide bonds. The van der Waals surface area contributed by atoms with Gasteiger partial charge in [-0.3, -0.25) is 9.59 Å². The van der Waals surface area contributed by atoms with Crippen molar-refractivity contribution in [3.8, 4) is 0 Å². The molecule has 4 rings (SSSR count). The SMILES string of the molecule is Cn1cnc2ccc(NC(=O)CC3CCN(C(=O)CC4CCCCC4)CC3)cc21. The minimum Gasteiger partial charge on any atom is -0.343 e. The lowest BCUT2D eigenvalue weighted by Gasteiger charge is -2.33. The van der Waals surface area contributed by atoms with Crippen LogP contribution in [0.5, 0.6) is 0 Å². The number of anilines is 1. The molecule has 6 heteroatoms. The van der Waals surface area contributed by atoms with Crippen LogP contribution in [0, 0.1) is 11.8 Å². The number of amides is 2. The van der Waals surface area contributed by atoms with Gasteiger partial charge < -0.3 is 14.8 Å². The van der Waals surface area contributed by atoms with Crippen molar-refractivity contribution in [3.63, 3.8) is 0 Å². The number of piperidine rings is 1. The fourth-order valence-corrected chi connectivity index (χ4v) is 4.83. The predicted octanol–water partition coefficient (Wildman–Crippen LogP) is 4.11. The van der Waals surface area contributed by atoms with E-state index in [1.54, 1.807) is 6.33 Å². The summed E-state index contributed by atoms with van der Waals surface area (Å²) in [6, 6.07) is 5.80. The second kappa shape index (κ2) is 8.97. The molecule has 6 nitrogen and oxygen atoms in total. The molecule has 1 aromatic heterocycles. The Kier molecular flexibility index (Phi) is 6.16. The van der Waals surface area contributed by atoms with Crippen LogP contribution in [0.15, 0.2) is 24.5 Å². The number of nitrogens with zero attached hydrogens (tertiary/aromatic N) is 3. The molecule has 0 spiro atoms. The highest BCUT2D eigenvalue weighted by molar-refractivity contribution is 5.93. The zero-order valence-corrected chi connectivity index (χ0v) is 17.4. The van der Waals surface area contributed by atoms with Crippen LogP contribution in [0.3, 0.4) is 0 Å². The van der Waals surface area contributed by atoms with Gasteiger partial charge >= 0.3 is 0 Å². The quantitative estimate of drug-likeness (QED) is 0.827. The molecule has 0 unspecified atom stereocenters. The largest absolute Gasteiger partial charge is 0.343 e. The van der Waals surface area contributed by atoms with Gasteiger partial charge in [0.25, 0.3) is 0 Å². The minimum absolute atomic E-state index is 0.0542. The fourth-order valence-electron chi connectivity index (χ4n) is 4.83. The highest BCUT2D eigenvalue weighted by Crippen LogP contribution is 2.28. The number of nitrogens with one attached hydrogen (secondary N) is 1. The van der Waals surface area contributed by atoms with Crippen molar-refractivity contribution >= 4 is 28.5 Å². The van der Waals surface area contributed by atoms with E-state index in [-0.39, 0.29) is 5.91 Å². The van der Waals surface area contributed by atoms with Gasteiger partial charge in [0, 0.05) is 38.7 Å². The number of aromatic nitrogens is 2. The van der Waals surface area contributed by atoms with Crippen molar-refractivity contribution in [3.05, 3.63) is 24.5 Å². The number of hydrogen-bond donors (Lipinski definition) is 1. The maximum atomic E-state index is 12.6. The Hall–Kier alpha value is -2.37. The lowest BCUT2D eigenvalue weighted by Crippen LogP contribution is -2.40. The Labute approximate surface area is 172 Å². The summed E-state index contributed by atoms with van der Waals surface area (Å²) in [5, 5.41) is 3.03. The summed E-state index contributed by atoms with van der Waals surface area (Å²) in [5.74, 6) is 1.33. The van der Waals surface area contributed by atoms with E-state index < -0.39 is 0 Å². The highest BCUT2D eigenvalue weighted by atomic mass is 16.2. The molecule has 1 saturated carbocycles. The predicted molar refractivity (Wildman–Crippen MR) is 114 cm³/mol. The third-order valence-electron chi connectivity index (χ3n) is 6.64. The zero-order valence-electron chi connectivity index (χ0n) is 17.4. The number of imidazole rings is 1. The van der Waals surface area contributed by atoms with E-state index in [1.807, 2.05) is 34.7 Å². The van der Waals surface area contributed by atoms with E-state index in [1.165, 1.54) is 32.1 Å². The molecule has 2 fully saturated rings. The summed E-state index contributed by atoms with van der Waals surface area (Å²) in [6.07, 6.45) is 11.2. The van der Waals surface area contributed by atoms with Crippen LogP contribution in [0.4, 0.5) is 5.69 Å². The van der Waals surface area contributed by atoms with Gasteiger partial charge in [0.15, 0.2) is 0 Å². The van der Waals surface area contributed by atoms with Gasteiger partial charge in [0.1, 0.15) is 0 Å². The van der Waals surface area contributed by atoms with Gasteiger partial charge in [0.2, 0.25) is 11.8 Å². The van der Waals surface area contributed by atoms with Crippen molar-refractivity contribution in [2.24, 2.45) is 18.9 Å². The molecular formula is C23H32N4O2. The number of benzene rings is 1. The molecule has 0 radical (unpaired) electrons. The van der Waals surface area contributed by atoms with Crippen LogP contribution >= 0.6 is 0 Å². The molecule has 156 valence electrons. The standard InChI is InChI=1S/C23H32N4O2/c1-26-16-24-20-8-7-19(15-21(20)26)25-22(28)13-18-9-11-27(12-10-18)23(29)14-17-5-3-2-4-6-17/h7-8,15-18H,2-6,9-14H2,1H3,(H,25,28). The summed E-state index contributed by atoms with van der Waals surface area (Å²) in [5.41, 5.74) is 2.74. The Morgan fingerprint density at radius 3 is 2.52 bits per heavy atom. The molecule has 0 bridgehead atoms. The Bertz CT molecular complexity index is 861. The molecule has 29 heavy (non-hydrogen) atoms. The zero-order chi connectivity index (χ0) is 20.2. The van der Waals surface area contributed by atoms with Gasteiger partial charge in [-0.15, -0.1) is 0 Å². The van der Waals surface area contributed by atoms with E-state index in [0.717, 1.165) is 49.1 Å². The first-order valence-corrected chi connectivity index (χ1v) is 11.1. The summed E-state index contributed by atoms with van der Waals surface area (Å²) < 4.78 is 1.95. The van der Waals surface area contributed by atoms with Crippen molar-refractivity contribution in [1.29, 1.82) is 0 Å². The first kappa shape index (κ1) is 19.9. The van der Waals surface area contributed by atoms with Crippen LogP contribution in [0.2, 0.25) is 0 Å². The molecule has 1 aromatic carbocycles. The molecule has 1 saturated heterocycles. The van der Waals surface area contributed by atoms with Crippen LogP contribution in [0.25, 0.3) is 11.0 Å². The average Bonchev–Trinajstić information content (AvgIpc) is 3.09. The third kappa shape index (κ3) is 4.98. The Morgan fingerprint density at radius 1 is 1.03 bits per heavy atom. The average molecular weight is 397 g/mol. The van der Waals surface area contributed by atoms with Crippen LogP contribution < -0.4 is 5.32 Å². The first-order chi connectivity index (χ1) is 14.1. The normalized spacial score (nSPS) is 18.9. The number of likely N-dealkylation sites (tertiary alicyclic amines) is 1. The van der Waals surface area contributed by atoms with Crippen molar-refractivity contribution in [1.82, 2.24) is 14.5 Å². The molecule has 2 aliphatic rings. The van der Waals surface area contributed by atoms with Gasteiger partial charge in [-0.05, 0) is 55.7 Å². The molecule has 0 atom stereocenters. The lowest BCUT2D eigenvalue weighted by atomic mass is 9.86. The van der Waals surface area contributed by atoms with Gasteiger partial charge in [-0.2, -0.15) is 0 Å². The van der Waals surface area contributed by atoms with E-state index in [0.29, 0.717) is 24.2 Å². The van der Waals surface area contributed by atoms with Gasteiger partial charge in [-0.25, -0.2) is 4.98 Å². The maximum absolute atomic E-state index is 12.6. The van der Waals surface area contributed by atoms with Gasteiger partial charge in [-0.1, -0.05) is 19.3 Å². The summed E-state index contributed by atoms with van der Waals surface area (Å²) in [4.78, 5) is 31.4. The molecule has 2 aromatic rings. The monoisotopic (exact) mass is 396 g/mol. The number of fused-ring (bicyclic) bond motifs is 1. The van der Waals surface area contributed by atoms with Crippen LogP contribution in [0.1, 0.15) is 57.8 Å². The number of hydrogen-bond acceptors (Lipinski definition) is 3. The summed E-state index contributed by atoms with van der Waals surface area (Å²) >= 11 is 0. The third-order valence-corrected chi connectivity index (χ3v) is 6.64. The van der Waals surface area contributed by atoms with Crippen molar-refractivity contribution in [2.45, 2.75) is 57.8 Å². The molecule has 2 heterocycles. The molecular weight excluding hydrogens is 364 g/mol. The number of rotatable bonds is 5. The molecule has 1 aliphatic carbocycles. The first-order valence-electron chi connectivity index (χ1n) is 11.1. The van der Waals surface area contributed by atoms with Crippen molar-refractivity contribution < 1.29 is 9.59 Å². The maximum Gasteiger partial charge on any atom is 0.224 e. The highest BCUT2D eigenvalue weighted by Gasteiger charge is 2.26.